The number of hydrogen-bond acceptors (Lipinski definition) is 8. The van der Waals surface area contributed by atoms with E-state index in [1.807, 2.05) is 0 Å². The van der Waals surface area contributed by atoms with Crippen molar-refractivity contribution in [1.29, 1.82) is 0 Å². The Morgan fingerprint density at radius 1 is 0.815 bits per heavy atom. The van der Waals surface area contributed by atoms with E-state index in [1.165, 1.54) is 36.4 Å². The summed E-state index contributed by atoms with van der Waals surface area (Å²) in [5.74, 6) is -2.84. The summed E-state index contributed by atoms with van der Waals surface area (Å²) in [5, 5.41) is 21.5. The first-order valence-corrected chi connectivity index (χ1v) is 7.77. The van der Waals surface area contributed by atoms with Gasteiger partial charge in [0.1, 0.15) is 11.5 Å². The number of hydrogen-bond donors (Lipinski definition) is 0. The van der Waals surface area contributed by atoms with Gasteiger partial charge in [-0.25, -0.2) is 0 Å². The minimum Gasteiger partial charge on any atom is -0.426 e. The molecule has 3 rings (SSSR count). The number of non-ortho nitro benzene ring substituents is 2. The molecule has 0 amide bonds. The Morgan fingerprint density at radius 2 is 1.22 bits per heavy atom. The van der Waals surface area contributed by atoms with E-state index >= 15 is 0 Å². The Labute approximate surface area is 151 Å². The van der Waals surface area contributed by atoms with Crippen LogP contribution in [0, 0.1) is 32.1 Å². The second-order valence-electron chi connectivity index (χ2n) is 5.80. The Morgan fingerprint density at radius 3 is 1.59 bits per heavy atom. The zero-order chi connectivity index (χ0) is 19.6. The molecule has 0 N–H and O–H groups in total. The standard InChI is InChI=1S/C17H12N2O8/c20-16(26-12-5-1-3-10(7-12)18(22)23)14-9-15(14)17(21)27-13-6-2-4-11(8-13)19(24)25/h1-8,14-15H,9H2/t14-,15-/m1/s1. The molecule has 1 saturated carbocycles. The Hall–Kier alpha value is -3.82. The molecule has 0 heterocycles. The topological polar surface area (TPSA) is 139 Å². The number of rotatable bonds is 6. The van der Waals surface area contributed by atoms with Crippen LogP contribution in [0.4, 0.5) is 11.4 Å². The fourth-order valence-corrected chi connectivity index (χ4v) is 2.42. The van der Waals surface area contributed by atoms with Crippen LogP contribution < -0.4 is 9.47 Å². The number of benzene rings is 2. The van der Waals surface area contributed by atoms with E-state index in [-0.39, 0.29) is 29.3 Å². The van der Waals surface area contributed by atoms with Gasteiger partial charge in [-0.15, -0.1) is 0 Å². The van der Waals surface area contributed by atoms with Crippen molar-refractivity contribution >= 4 is 23.3 Å². The molecule has 10 nitrogen and oxygen atoms in total. The smallest absolute Gasteiger partial charge is 0.315 e. The number of esters is 2. The van der Waals surface area contributed by atoms with Gasteiger partial charge in [-0.1, -0.05) is 12.1 Å². The summed E-state index contributed by atoms with van der Waals surface area (Å²) in [6, 6.07) is 10.3. The van der Waals surface area contributed by atoms with Crippen LogP contribution >= 0.6 is 0 Å². The maximum absolute atomic E-state index is 12.1. The highest BCUT2D eigenvalue weighted by Crippen LogP contribution is 2.41. The van der Waals surface area contributed by atoms with E-state index in [4.69, 9.17) is 9.47 Å². The summed E-state index contributed by atoms with van der Waals surface area (Å²) < 4.78 is 10.1. The summed E-state index contributed by atoms with van der Waals surface area (Å²) in [5.41, 5.74) is -0.449. The van der Waals surface area contributed by atoms with Gasteiger partial charge >= 0.3 is 11.9 Å². The lowest BCUT2D eigenvalue weighted by atomic mass is 10.3. The van der Waals surface area contributed by atoms with Crippen LogP contribution in [0.15, 0.2) is 48.5 Å². The zero-order valence-electron chi connectivity index (χ0n) is 13.6. The van der Waals surface area contributed by atoms with Gasteiger partial charge in [0.05, 0.1) is 33.8 Å². The lowest BCUT2D eigenvalue weighted by molar-refractivity contribution is -0.385. The molecule has 0 spiro atoms. The number of nitrogens with zero attached hydrogens (tertiary/aromatic N) is 2. The highest BCUT2D eigenvalue weighted by Gasteiger charge is 2.50. The number of carbonyl (C=O) groups excluding carboxylic acids is 2. The number of nitro benzene ring substituents is 2. The van der Waals surface area contributed by atoms with Crippen LogP contribution in [0.5, 0.6) is 11.5 Å². The third-order valence-corrected chi connectivity index (χ3v) is 3.89. The lowest BCUT2D eigenvalue weighted by Crippen LogP contribution is -2.17. The number of nitro groups is 2. The number of carbonyl (C=O) groups is 2. The van der Waals surface area contributed by atoms with Crippen molar-refractivity contribution in [3.8, 4) is 11.5 Å². The van der Waals surface area contributed by atoms with Crippen LogP contribution in [-0.2, 0) is 9.59 Å². The van der Waals surface area contributed by atoms with Crippen LogP contribution in [0.2, 0.25) is 0 Å². The third-order valence-electron chi connectivity index (χ3n) is 3.89. The second-order valence-corrected chi connectivity index (χ2v) is 5.80. The van der Waals surface area contributed by atoms with Crippen molar-refractivity contribution < 1.29 is 28.9 Å². The predicted octanol–water partition coefficient (Wildman–Crippen LogP) is 2.65. The normalized spacial score (nSPS) is 17.6. The summed E-state index contributed by atoms with van der Waals surface area (Å²) in [6.07, 6.45) is 0.210. The Balaban J connectivity index is 1.58. The maximum atomic E-state index is 12.1. The van der Waals surface area contributed by atoms with E-state index in [1.54, 1.807) is 0 Å². The molecule has 0 saturated heterocycles. The van der Waals surface area contributed by atoms with Crippen LogP contribution in [0.3, 0.4) is 0 Å². The predicted molar refractivity (Wildman–Crippen MR) is 89.1 cm³/mol. The molecular weight excluding hydrogens is 360 g/mol. The second kappa shape index (κ2) is 7.20. The Kier molecular flexibility index (Phi) is 4.79. The van der Waals surface area contributed by atoms with Crippen LogP contribution in [0.1, 0.15) is 6.42 Å². The molecule has 1 aliphatic carbocycles. The molecule has 0 aromatic heterocycles. The molecule has 0 radical (unpaired) electrons. The molecule has 27 heavy (non-hydrogen) atoms. The summed E-state index contributed by atoms with van der Waals surface area (Å²) >= 11 is 0. The minimum absolute atomic E-state index is 0.00639. The van der Waals surface area contributed by atoms with E-state index in [2.05, 4.69) is 0 Å². The summed E-state index contributed by atoms with van der Waals surface area (Å²) in [7, 11) is 0. The van der Waals surface area contributed by atoms with Crippen LogP contribution in [0.25, 0.3) is 0 Å². The largest absolute Gasteiger partial charge is 0.426 e. The van der Waals surface area contributed by atoms with Crippen molar-refractivity contribution in [3.05, 3.63) is 68.8 Å². The average molecular weight is 372 g/mol. The first-order chi connectivity index (χ1) is 12.8. The third kappa shape index (κ3) is 4.24. The average Bonchev–Trinajstić information content (AvgIpc) is 3.43. The highest BCUT2D eigenvalue weighted by molar-refractivity contribution is 5.89. The molecule has 0 bridgehead atoms. The van der Waals surface area contributed by atoms with Crippen LogP contribution in [-0.4, -0.2) is 21.8 Å². The summed E-state index contributed by atoms with van der Waals surface area (Å²) in [6.45, 7) is 0. The molecule has 10 heteroatoms. The van der Waals surface area contributed by atoms with Gasteiger partial charge in [0, 0.05) is 12.1 Å². The monoisotopic (exact) mass is 372 g/mol. The van der Waals surface area contributed by atoms with Crippen molar-refractivity contribution in [2.75, 3.05) is 0 Å². The van der Waals surface area contributed by atoms with Crippen molar-refractivity contribution in [3.63, 3.8) is 0 Å². The molecule has 0 aliphatic heterocycles. The van der Waals surface area contributed by atoms with Gasteiger partial charge in [0.25, 0.3) is 11.4 Å². The van der Waals surface area contributed by atoms with Gasteiger partial charge < -0.3 is 9.47 Å². The quantitative estimate of drug-likeness (QED) is 0.326. The van der Waals surface area contributed by atoms with E-state index in [0.29, 0.717) is 0 Å². The van der Waals surface area contributed by atoms with Gasteiger partial charge in [-0.3, -0.25) is 29.8 Å². The lowest BCUT2D eigenvalue weighted by Gasteiger charge is -2.05. The maximum Gasteiger partial charge on any atom is 0.315 e. The van der Waals surface area contributed by atoms with Crippen molar-refractivity contribution in [1.82, 2.24) is 0 Å². The van der Waals surface area contributed by atoms with Crippen molar-refractivity contribution in [2.45, 2.75) is 6.42 Å². The van der Waals surface area contributed by atoms with Gasteiger partial charge in [-0.2, -0.15) is 0 Å². The van der Waals surface area contributed by atoms with E-state index < -0.39 is 33.6 Å². The van der Waals surface area contributed by atoms with E-state index in [0.717, 1.165) is 12.1 Å². The fraction of sp³-hybridized carbons (Fsp3) is 0.176. The molecule has 0 unspecified atom stereocenters. The first kappa shape index (κ1) is 18.0. The van der Waals surface area contributed by atoms with Crippen molar-refractivity contribution in [2.24, 2.45) is 11.8 Å². The van der Waals surface area contributed by atoms with Gasteiger partial charge in [0.15, 0.2) is 0 Å². The highest BCUT2D eigenvalue weighted by atomic mass is 16.6. The molecule has 2 atom stereocenters. The molecule has 2 aromatic carbocycles. The molecule has 138 valence electrons. The zero-order valence-corrected chi connectivity index (χ0v) is 13.6. The summed E-state index contributed by atoms with van der Waals surface area (Å²) in [4.78, 5) is 44.4. The molecule has 1 fully saturated rings. The number of ether oxygens (including phenoxy) is 2. The van der Waals surface area contributed by atoms with Gasteiger partial charge in [-0.05, 0) is 18.6 Å². The fourth-order valence-electron chi connectivity index (χ4n) is 2.42. The molecular formula is C17H12N2O8. The molecule has 1 aliphatic rings. The Bertz CT molecular complexity index is 867. The first-order valence-electron chi connectivity index (χ1n) is 7.77. The van der Waals surface area contributed by atoms with E-state index in [9.17, 15) is 29.8 Å². The SMILES string of the molecule is O=C(Oc1cccc([N+](=O)[O-])c1)[C@@H]1C[C@H]1C(=O)Oc1cccc([N+](=O)[O-])c1. The minimum atomic E-state index is -0.726. The molecule has 2 aromatic rings. The van der Waals surface area contributed by atoms with Gasteiger partial charge in [0.2, 0.25) is 0 Å².